The maximum Gasteiger partial charge on any atom is 0.222 e. The first-order valence-corrected chi connectivity index (χ1v) is 10.9. The van der Waals surface area contributed by atoms with E-state index in [2.05, 4.69) is 10.6 Å². The van der Waals surface area contributed by atoms with Gasteiger partial charge in [-0.15, -0.1) is 0 Å². The number of carbonyl (C=O) groups is 2. The molecule has 0 spiro atoms. The largest absolute Gasteiger partial charge is 0.356 e. The number of hydrogen-bond acceptors (Lipinski definition) is 4. The summed E-state index contributed by atoms with van der Waals surface area (Å²) < 4.78 is 24.4. The van der Waals surface area contributed by atoms with E-state index in [-0.39, 0.29) is 35.4 Å². The van der Waals surface area contributed by atoms with Crippen LogP contribution in [0.5, 0.6) is 0 Å². The number of nitrogens with one attached hydrogen (secondary N) is 2. The van der Waals surface area contributed by atoms with Gasteiger partial charge in [0, 0.05) is 18.5 Å². The average molecular weight is 423 g/mol. The van der Waals surface area contributed by atoms with Crippen molar-refractivity contribution < 1.29 is 18.0 Å². The average Bonchev–Trinajstić information content (AvgIpc) is 2.66. The van der Waals surface area contributed by atoms with Gasteiger partial charge in [0.2, 0.25) is 11.8 Å². The lowest BCUT2D eigenvalue weighted by Crippen LogP contribution is -2.33. The molecule has 0 bridgehead atoms. The predicted molar refractivity (Wildman–Crippen MR) is 109 cm³/mol. The van der Waals surface area contributed by atoms with Crippen LogP contribution in [0, 0.1) is 0 Å². The van der Waals surface area contributed by atoms with Crippen molar-refractivity contribution in [2.45, 2.75) is 30.7 Å². The van der Waals surface area contributed by atoms with Gasteiger partial charge in [0.25, 0.3) is 0 Å². The topological polar surface area (TPSA) is 92.3 Å². The summed E-state index contributed by atoms with van der Waals surface area (Å²) in [5.41, 5.74) is 0.765. The lowest BCUT2D eigenvalue weighted by molar-refractivity contribution is -0.122. The molecule has 1 unspecified atom stereocenters. The van der Waals surface area contributed by atoms with E-state index in [4.69, 9.17) is 11.6 Å². The van der Waals surface area contributed by atoms with Crippen LogP contribution in [0.3, 0.4) is 0 Å². The van der Waals surface area contributed by atoms with Gasteiger partial charge in [-0.1, -0.05) is 41.9 Å². The van der Waals surface area contributed by atoms with Crippen LogP contribution in [0.4, 0.5) is 0 Å². The number of halogens is 1. The van der Waals surface area contributed by atoms with Gasteiger partial charge >= 0.3 is 0 Å². The lowest BCUT2D eigenvalue weighted by atomic mass is 10.0. The molecule has 0 aliphatic heterocycles. The molecule has 0 heterocycles. The highest BCUT2D eigenvalue weighted by Gasteiger charge is 2.18. The molecule has 8 heteroatoms. The van der Waals surface area contributed by atoms with E-state index >= 15 is 0 Å². The minimum Gasteiger partial charge on any atom is -0.356 e. The van der Waals surface area contributed by atoms with Crippen LogP contribution < -0.4 is 10.6 Å². The zero-order chi connectivity index (χ0) is 20.6. The van der Waals surface area contributed by atoms with Gasteiger partial charge in [-0.05, 0) is 36.2 Å². The standard InChI is InChI=1S/C20H23ClN2O4S/c1-15(24)23-19(16-8-10-17(21)11-9-16)14-20(25)22-12-5-13-28(26,27)18-6-3-2-4-7-18/h2-4,6-11,19H,5,12-14H2,1H3,(H,22,25)(H,23,24). The molecule has 0 aliphatic rings. The molecule has 2 aromatic carbocycles. The molecule has 0 saturated heterocycles. The van der Waals surface area contributed by atoms with Crippen LogP contribution >= 0.6 is 11.6 Å². The SMILES string of the molecule is CC(=O)NC(CC(=O)NCCCS(=O)(=O)c1ccccc1)c1ccc(Cl)cc1. The fraction of sp³-hybridized carbons (Fsp3) is 0.300. The summed E-state index contributed by atoms with van der Waals surface area (Å²) in [5, 5.41) is 6.02. The van der Waals surface area contributed by atoms with Crippen molar-refractivity contribution in [2.24, 2.45) is 0 Å². The molecule has 0 aliphatic carbocycles. The Morgan fingerprint density at radius 1 is 1.04 bits per heavy atom. The third-order valence-electron chi connectivity index (χ3n) is 4.05. The minimum atomic E-state index is -3.37. The van der Waals surface area contributed by atoms with E-state index < -0.39 is 15.9 Å². The van der Waals surface area contributed by atoms with Crippen LogP contribution in [0.25, 0.3) is 0 Å². The monoisotopic (exact) mass is 422 g/mol. The second kappa shape index (κ2) is 10.2. The number of amides is 2. The number of benzene rings is 2. The summed E-state index contributed by atoms with van der Waals surface area (Å²) in [6.07, 6.45) is 0.349. The predicted octanol–water partition coefficient (Wildman–Crippen LogP) is 2.89. The van der Waals surface area contributed by atoms with Gasteiger partial charge in [0.1, 0.15) is 0 Å². The van der Waals surface area contributed by atoms with Crippen LogP contribution in [0.15, 0.2) is 59.5 Å². The number of hydrogen-bond donors (Lipinski definition) is 2. The Balaban J connectivity index is 1.85. The van der Waals surface area contributed by atoms with E-state index in [0.29, 0.717) is 11.4 Å². The molecule has 0 saturated carbocycles. The molecular weight excluding hydrogens is 400 g/mol. The smallest absolute Gasteiger partial charge is 0.222 e. The molecule has 2 amide bonds. The molecule has 1 atom stereocenters. The maximum atomic E-state index is 12.2. The molecule has 6 nitrogen and oxygen atoms in total. The van der Waals surface area contributed by atoms with Crippen molar-refractivity contribution in [3.8, 4) is 0 Å². The molecule has 0 radical (unpaired) electrons. The van der Waals surface area contributed by atoms with E-state index in [1.54, 1.807) is 54.6 Å². The zero-order valence-corrected chi connectivity index (χ0v) is 17.1. The molecule has 2 N–H and O–H groups in total. The van der Waals surface area contributed by atoms with Gasteiger partial charge in [-0.3, -0.25) is 9.59 Å². The summed E-state index contributed by atoms with van der Waals surface area (Å²) in [5.74, 6) is -0.573. The van der Waals surface area contributed by atoms with Crippen LogP contribution in [0.2, 0.25) is 5.02 Å². The Labute approximate surface area is 170 Å². The highest BCUT2D eigenvalue weighted by molar-refractivity contribution is 7.91. The molecule has 150 valence electrons. The van der Waals surface area contributed by atoms with Gasteiger partial charge in [0.05, 0.1) is 23.1 Å². The fourth-order valence-electron chi connectivity index (χ4n) is 2.69. The molecule has 0 fully saturated rings. The quantitative estimate of drug-likeness (QED) is 0.608. The van der Waals surface area contributed by atoms with Crippen molar-refractivity contribution in [3.05, 3.63) is 65.2 Å². The van der Waals surface area contributed by atoms with Crippen molar-refractivity contribution in [2.75, 3.05) is 12.3 Å². The lowest BCUT2D eigenvalue weighted by Gasteiger charge is -2.18. The van der Waals surface area contributed by atoms with Crippen molar-refractivity contribution in [1.82, 2.24) is 10.6 Å². The molecule has 28 heavy (non-hydrogen) atoms. The zero-order valence-electron chi connectivity index (χ0n) is 15.5. The van der Waals surface area contributed by atoms with Gasteiger partial charge in [-0.25, -0.2) is 8.42 Å². The van der Waals surface area contributed by atoms with Crippen LogP contribution in [-0.2, 0) is 19.4 Å². The molecule has 2 rings (SSSR count). The Hall–Kier alpha value is -2.38. The second-order valence-electron chi connectivity index (χ2n) is 6.34. The van der Waals surface area contributed by atoms with Gasteiger partial charge in [0.15, 0.2) is 9.84 Å². The highest BCUT2D eigenvalue weighted by Crippen LogP contribution is 2.19. The first-order chi connectivity index (χ1) is 13.3. The molecule has 2 aromatic rings. The molecule has 0 aromatic heterocycles. The summed E-state index contributed by atoms with van der Waals surface area (Å²) in [7, 11) is -3.37. The number of rotatable bonds is 9. The van der Waals surface area contributed by atoms with Crippen molar-refractivity contribution in [3.63, 3.8) is 0 Å². The Bertz CT molecular complexity index is 900. The van der Waals surface area contributed by atoms with Crippen molar-refractivity contribution in [1.29, 1.82) is 0 Å². The van der Waals surface area contributed by atoms with Crippen LogP contribution in [-0.4, -0.2) is 32.5 Å². The summed E-state index contributed by atoms with van der Waals surface area (Å²) >= 11 is 5.88. The third-order valence-corrected chi connectivity index (χ3v) is 6.12. The Morgan fingerprint density at radius 2 is 1.68 bits per heavy atom. The van der Waals surface area contributed by atoms with E-state index in [1.165, 1.54) is 6.92 Å². The third kappa shape index (κ3) is 6.98. The summed E-state index contributed by atoms with van der Waals surface area (Å²) in [6, 6.07) is 14.6. The highest BCUT2D eigenvalue weighted by atomic mass is 35.5. The fourth-order valence-corrected chi connectivity index (χ4v) is 4.14. The van der Waals surface area contributed by atoms with E-state index in [1.807, 2.05) is 0 Å². The second-order valence-corrected chi connectivity index (χ2v) is 8.89. The normalized spacial score (nSPS) is 12.2. The number of sulfone groups is 1. The first-order valence-electron chi connectivity index (χ1n) is 8.85. The van der Waals surface area contributed by atoms with E-state index in [0.717, 1.165) is 5.56 Å². The molecular formula is C20H23ClN2O4S. The number of carbonyl (C=O) groups excluding carboxylic acids is 2. The van der Waals surface area contributed by atoms with Gasteiger partial charge in [-0.2, -0.15) is 0 Å². The van der Waals surface area contributed by atoms with Crippen molar-refractivity contribution >= 4 is 33.3 Å². The van der Waals surface area contributed by atoms with Gasteiger partial charge < -0.3 is 10.6 Å². The van der Waals surface area contributed by atoms with Crippen LogP contribution in [0.1, 0.15) is 31.4 Å². The minimum absolute atomic E-state index is 0.0483. The Kier molecular flexibility index (Phi) is 8.02. The summed E-state index contributed by atoms with van der Waals surface area (Å²) in [6.45, 7) is 1.62. The van der Waals surface area contributed by atoms with E-state index in [9.17, 15) is 18.0 Å². The first kappa shape index (κ1) is 21.9. The maximum absolute atomic E-state index is 12.2. The Morgan fingerprint density at radius 3 is 2.29 bits per heavy atom. The summed E-state index contributed by atoms with van der Waals surface area (Å²) in [4.78, 5) is 24.0.